The van der Waals surface area contributed by atoms with Crippen molar-refractivity contribution in [3.05, 3.63) is 23.8 Å². The van der Waals surface area contributed by atoms with Gasteiger partial charge in [0.05, 0.1) is 14.2 Å². The van der Waals surface area contributed by atoms with Crippen LogP contribution in [-0.4, -0.2) is 64.2 Å². The molecule has 1 aromatic rings. The van der Waals surface area contributed by atoms with E-state index in [0.717, 1.165) is 74.9 Å². The van der Waals surface area contributed by atoms with Crippen molar-refractivity contribution < 1.29 is 14.3 Å². The van der Waals surface area contributed by atoms with Crippen molar-refractivity contribution >= 4 is 35.8 Å². The maximum Gasteiger partial charge on any atom is 0.220 e. The fourth-order valence-electron chi connectivity index (χ4n) is 3.51. The minimum atomic E-state index is -0.152. The van der Waals surface area contributed by atoms with E-state index in [1.807, 2.05) is 18.2 Å². The van der Waals surface area contributed by atoms with E-state index >= 15 is 0 Å². The van der Waals surface area contributed by atoms with E-state index in [1.165, 1.54) is 0 Å². The number of hydrogen-bond acceptors (Lipinski definition) is 5. The maximum absolute atomic E-state index is 11.2. The van der Waals surface area contributed by atoms with Crippen LogP contribution in [0.15, 0.2) is 23.2 Å². The Bertz CT molecular complexity index is 679. The summed E-state index contributed by atoms with van der Waals surface area (Å²) in [6.45, 7) is 4.51. The molecule has 1 fully saturated rings. The first kappa shape index (κ1) is 26.3. The van der Waals surface area contributed by atoms with Gasteiger partial charge in [0.1, 0.15) is 0 Å². The first-order valence-corrected chi connectivity index (χ1v) is 10.2. The number of amides is 1. The van der Waals surface area contributed by atoms with Gasteiger partial charge in [-0.2, -0.15) is 0 Å². The second-order valence-electron chi connectivity index (χ2n) is 7.27. The Morgan fingerprint density at radius 2 is 1.87 bits per heavy atom. The van der Waals surface area contributed by atoms with Gasteiger partial charge < -0.3 is 30.7 Å². The molecule has 9 heteroatoms. The summed E-state index contributed by atoms with van der Waals surface area (Å²) in [7, 11) is 5.03. The van der Waals surface area contributed by atoms with Gasteiger partial charge in [-0.05, 0) is 63.0 Å². The highest BCUT2D eigenvalue weighted by molar-refractivity contribution is 14.0. The molecule has 30 heavy (non-hydrogen) atoms. The Morgan fingerprint density at radius 3 is 2.47 bits per heavy atom. The number of nitrogens with one attached hydrogen (secondary N) is 2. The van der Waals surface area contributed by atoms with E-state index in [4.69, 9.17) is 15.2 Å². The number of methoxy groups -OCH3 is 2. The molecule has 0 aliphatic carbocycles. The van der Waals surface area contributed by atoms with Crippen LogP contribution in [0.5, 0.6) is 11.5 Å². The van der Waals surface area contributed by atoms with E-state index in [0.29, 0.717) is 6.54 Å². The van der Waals surface area contributed by atoms with Gasteiger partial charge >= 0.3 is 0 Å². The van der Waals surface area contributed by atoms with E-state index in [2.05, 4.69) is 20.5 Å². The van der Waals surface area contributed by atoms with Crippen molar-refractivity contribution in [2.75, 3.05) is 47.4 Å². The lowest BCUT2D eigenvalue weighted by Crippen LogP contribution is -2.39. The number of carbonyl (C=O) groups excluding carboxylic acids is 1. The molecule has 0 bridgehead atoms. The highest BCUT2D eigenvalue weighted by Gasteiger charge is 2.22. The van der Waals surface area contributed by atoms with Gasteiger partial charge in [0, 0.05) is 26.1 Å². The van der Waals surface area contributed by atoms with Gasteiger partial charge in [0.25, 0.3) is 0 Å². The Labute approximate surface area is 197 Å². The molecule has 0 unspecified atom stereocenters. The number of hydrogen-bond donors (Lipinski definition) is 3. The summed E-state index contributed by atoms with van der Waals surface area (Å²) in [5.74, 6) is 2.13. The van der Waals surface area contributed by atoms with Crippen LogP contribution in [0.1, 0.15) is 31.2 Å². The minimum Gasteiger partial charge on any atom is -0.493 e. The predicted octanol–water partition coefficient (Wildman–Crippen LogP) is 1.96. The fourth-order valence-corrected chi connectivity index (χ4v) is 3.51. The number of primary amides is 1. The van der Waals surface area contributed by atoms with Crippen LogP contribution in [-0.2, 0) is 11.3 Å². The second kappa shape index (κ2) is 14.3. The second-order valence-corrected chi connectivity index (χ2v) is 7.27. The molecule has 4 N–H and O–H groups in total. The lowest BCUT2D eigenvalue weighted by atomic mass is 9.96. The normalized spacial score (nSPS) is 15.2. The standard InChI is InChI=1S/C21H35N5O3.HI/c1-23-21(25-15-16-6-7-18(28-2)19(14-16)29-3)24-10-4-5-11-26-12-8-17(9-13-26)20(22)27;/h6-7,14,17H,4-5,8-13,15H2,1-3H3,(H2,22,27)(H2,23,24,25);1H. The topological polar surface area (TPSA) is 101 Å². The zero-order chi connectivity index (χ0) is 21.1. The molecule has 1 heterocycles. The molecule has 2 rings (SSSR count). The molecule has 1 aliphatic heterocycles. The Morgan fingerprint density at radius 1 is 1.17 bits per heavy atom. The van der Waals surface area contributed by atoms with Gasteiger partial charge in [-0.3, -0.25) is 9.79 Å². The smallest absolute Gasteiger partial charge is 0.220 e. The number of guanidine groups is 1. The molecular weight excluding hydrogens is 497 g/mol. The largest absolute Gasteiger partial charge is 0.493 e. The van der Waals surface area contributed by atoms with Crippen molar-refractivity contribution in [2.24, 2.45) is 16.6 Å². The first-order valence-electron chi connectivity index (χ1n) is 10.2. The maximum atomic E-state index is 11.2. The fraction of sp³-hybridized carbons (Fsp3) is 0.619. The quantitative estimate of drug-likeness (QED) is 0.184. The Kier molecular flexibility index (Phi) is 12.5. The Hall–Kier alpha value is -1.75. The van der Waals surface area contributed by atoms with Crippen LogP contribution in [0, 0.1) is 5.92 Å². The summed E-state index contributed by atoms with van der Waals surface area (Å²) in [5, 5.41) is 6.67. The van der Waals surface area contributed by atoms with Gasteiger partial charge in [-0.1, -0.05) is 6.07 Å². The number of nitrogens with two attached hydrogens (primary N) is 1. The number of aliphatic imine (C=N–C) groups is 1. The molecule has 0 spiro atoms. The van der Waals surface area contributed by atoms with Crippen molar-refractivity contribution in [3.8, 4) is 11.5 Å². The minimum absolute atomic E-state index is 0. The number of halogens is 1. The van der Waals surface area contributed by atoms with Crippen LogP contribution >= 0.6 is 24.0 Å². The van der Waals surface area contributed by atoms with Crippen LogP contribution < -0.4 is 25.8 Å². The Balaban J connectivity index is 0.00000450. The lowest BCUT2D eigenvalue weighted by molar-refractivity contribution is -0.123. The number of unbranched alkanes of at least 4 members (excludes halogenated alkanes) is 1. The molecule has 0 atom stereocenters. The number of benzene rings is 1. The molecule has 1 saturated heterocycles. The zero-order valence-corrected chi connectivity index (χ0v) is 20.6. The zero-order valence-electron chi connectivity index (χ0n) is 18.3. The molecule has 0 saturated carbocycles. The first-order chi connectivity index (χ1) is 14.1. The van der Waals surface area contributed by atoms with Crippen molar-refractivity contribution in [3.63, 3.8) is 0 Å². The van der Waals surface area contributed by atoms with Crippen LogP contribution in [0.2, 0.25) is 0 Å². The molecular formula is C21H36IN5O3. The highest BCUT2D eigenvalue weighted by Crippen LogP contribution is 2.27. The summed E-state index contributed by atoms with van der Waals surface area (Å²) in [6, 6.07) is 5.86. The third-order valence-electron chi connectivity index (χ3n) is 5.32. The van der Waals surface area contributed by atoms with Gasteiger partial charge in [0.15, 0.2) is 17.5 Å². The van der Waals surface area contributed by atoms with Gasteiger partial charge in [-0.15, -0.1) is 24.0 Å². The SMILES string of the molecule is CN=C(NCCCCN1CCC(C(N)=O)CC1)NCc1ccc(OC)c(OC)c1.I. The monoisotopic (exact) mass is 533 g/mol. The predicted molar refractivity (Wildman–Crippen MR) is 131 cm³/mol. The molecule has 1 amide bonds. The third-order valence-corrected chi connectivity index (χ3v) is 5.32. The summed E-state index contributed by atoms with van der Waals surface area (Å²) < 4.78 is 10.6. The number of ether oxygens (including phenoxy) is 2. The molecule has 1 aromatic carbocycles. The average Bonchev–Trinajstić information content (AvgIpc) is 2.75. The lowest BCUT2D eigenvalue weighted by Gasteiger charge is -2.30. The number of piperidine rings is 1. The van der Waals surface area contributed by atoms with Crippen LogP contribution in [0.4, 0.5) is 0 Å². The van der Waals surface area contributed by atoms with Crippen LogP contribution in [0.3, 0.4) is 0 Å². The van der Waals surface area contributed by atoms with Crippen molar-refractivity contribution in [1.29, 1.82) is 0 Å². The van der Waals surface area contributed by atoms with Crippen molar-refractivity contribution in [1.82, 2.24) is 15.5 Å². The number of carbonyl (C=O) groups is 1. The molecule has 1 aliphatic rings. The number of rotatable bonds is 10. The average molecular weight is 533 g/mol. The van der Waals surface area contributed by atoms with Crippen molar-refractivity contribution in [2.45, 2.75) is 32.2 Å². The van der Waals surface area contributed by atoms with E-state index in [-0.39, 0.29) is 35.8 Å². The summed E-state index contributed by atoms with van der Waals surface area (Å²) in [6.07, 6.45) is 3.95. The van der Waals surface area contributed by atoms with Gasteiger partial charge in [0.2, 0.25) is 5.91 Å². The number of nitrogens with zero attached hydrogens (tertiary/aromatic N) is 2. The van der Waals surface area contributed by atoms with E-state index in [1.54, 1.807) is 21.3 Å². The number of likely N-dealkylation sites (tertiary alicyclic amines) is 1. The summed E-state index contributed by atoms with van der Waals surface area (Å²) >= 11 is 0. The third kappa shape index (κ3) is 8.55. The molecule has 0 radical (unpaired) electrons. The highest BCUT2D eigenvalue weighted by atomic mass is 127. The molecule has 0 aromatic heterocycles. The summed E-state index contributed by atoms with van der Waals surface area (Å²) in [5.41, 5.74) is 6.48. The summed E-state index contributed by atoms with van der Waals surface area (Å²) in [4.78, 5) is 17.9. The molecule has 170 valence electrons. The molecule has 8 nitrogen and oxygen atoms in total. The van der Waals surface area contributed by atoms with Gasteiger partial charge in [-0.25, -0.2) is 0 Å². The van der Waals surface area contributed by atoms with E-state index in [9.17, 15) is 4.79 Å². The van der Waals surface area contributed by atoms with E-state index < -0.39 is 0 Å². The van der Waals surface area contributed by atoms with Crippen LogP contribution in [0.25, 0.3) is 0 Å².